The Morgan fingerprint density at radius 3 is 3.19 bits per heavy atom. The van der Waals surface area contributed by atoms with E-state index in [0.717, 1.165) is 25.4 Å². The summed E-state index contributed by atoms with van der Waals surface area (Å²) in [6.07, 6.45) is 4.34. The van der Waals surface area contributed by atoms with Gasteiger partial charge in [-0.2, -0.15) is 0 Å². The predicted octanol–water partition coefficient (Wildman–Crippen LogP) is 1.96. The van der Waals surface area contributed by atoms with Crippen LogP contribution in [0.4, 0.5) is 0 Å². The maximum atomic E-state index is 11.0. The van der Waals surface area contributed by atoms with Crippen LogP contribution in [0, 0.1) is 0 Å². The first kappa shape index (κ1) is 11.3. The summed E-state index contributed by atoms with van der Waals surface area (Å²) in [5.74, 6) is 1.57. The molecule has 1 aromatic heterocycles. The van der Waals surface area contributed by atoms with Gasteiger partial charge >= 0.3 is 0 Å². The summed E-state index contributed by atoms with van der Waals surface area (Å²) in [6, 6.07) is 0.311. The van der Waals surface area contributed by atoms with E-state index in [1.165, 1.54) is 6.42 Å². The monoisotopic (exact) mass is 222 g/mol. The van der Waals surface area contributed by atoms with Gasteiger partial charge < -0.3 is 4.42 Å². The molecular weight excluding hydrogens is 204 g/mol. The van der Waals surface area contributed by atoms with Crippen LogP contribution in [0.3, 0.4) is 0 Å². The number of Topliss-reactive ketones (excluding diaryl/α,β-unsaturated/α-hetero) is 1. The van der Waals surface area contributed by atoms with E-state index >= 15 is 0 Å². The topological polar surface area (TPSA) is 46.3 Å². The highest BCUT2D eigenvalue weighted by Gasteiger charge is 2.28. The first-order valence-electron chi connectivity index (χ1n) is 5.88. The summed E-state index contributed by atoms with van der Waals surface area (Å²) in [5.41, 5.74) is 0. The SMILES string of the molecule is CCN1CCCC1c1ncc(CC(C)=O)o1. The fraction of sp³-hybridized carbons (Fsp3) is 0.667. The zero-order valence-electron chi connectivity index (χ0n) is 9.90. The maximum absolute atomic E-state index is 11.0. The van der Waals surface area contributed by atoms with Crippen LogP contribution in [0.2, 0.25) is 0 Å². The normalized spacial score (nSPS) is 21.5. The molecule has 0 spiro atoms. The molecule has 2 heterocycles. The molecule has 1 aliphatic rings. The van der Waals surface area contributed by atoms with Crippen LogP contribution in [-0.2, 0) is 11.2 Å². The van der Waals surface area contributed by atoms with E-state index in [-0.39, 0.29) is 5.78 Å². The molecule has 0 N–H and O–H groups in total. The second kappa shape index (κ2) is 4.78. The molecule has 0 saturated carbocycles. The Labute approximate surface area is 95.6 Å². The van der Waals surface area contributed by atoms with Gasteiger partial charge in [0.2, 0.25) is 5.89 Å². The Balaban J connectivity index is 2.09. The predicted molar refractivity (Wildman–Crippen MR) is 60.1 cm³/mol. The van der Waals surface area contributed by atoms with Gasteiger partial charge in [0.15, 0.2) is 0 Å². The molecule has 1 saturated heterocycles. The van der Waals surface area contributed by atoms with Crippen molar-refractivity contribution in [2.45, 2.75) is 39.2 Å². The number of nitrogens with zero attached hydrogens (tertiary/aromatic N) is 2. The molecule has 1 unspecified atom stereocenters. The van der Waals surface area contributed by atoms with Crippen molar-refractivity contribution in [3.8, 4) is 0 Å². The third-order valence-electron chi connectivity index (χ3n) is 3.05. The third kappa shape index (κ3) is 2.32. The lowest BCUT2D eigenvalue weighted by molar-refractivity contribution is -0.116. The van der Waals surface area contributed by atoms with E-state index in [2.05, 4.69) is 16.8 Å². The number of aromatic nitrogens is 1. The molecule has 4 heteroatoms. The summed E-state index contributed by atoms with van der Waals surface area (Å²) >= 11 is 0. The van der Waals surface area contributed by atoms with Gasteiger partial charge in [-0.15, -0.1) is 0 Å². The van der Waals surface area contributed by atoms with E-state index in [9.17, 15) is 4.79 Å². The van der Waals surface area contributed by atoms with Crippen molar-refractivity contribution >= 4 is 5.78 Å². The van der Waals surface area contributed by atoms with Crippen LogP contribution in [0.25, 0.3) is 0 Å². The summed E-state index contributed by atoms with van der Waals surface area (Å²) in [7, 11) is 0. The molecule has 16 heavy (non-hydrogen) atoms. The fourth-order valence-electron chi connectivity index (χ4n) is 2.29. The van der Waals surface area contributed by atoms with Gasteiger partial charge in [0.1, 0.15) is 11.5 Å². The molecule has 88 valence electrons. The lowest BCUT2D eigenvalue weighted by Gasteiger charge is -2.19. The summed E-state index contributed by atoms with van der Waals surface area (Å²) in [4.78, 5) is 17.6. The van der Waals surface area contributed by atoms with Crippen LogP contribution in [0.15, 0.2) is 10.6 Å². The van der Waals surface area contributed by atoms with Crippen molar-refractivity contribution in [1.82, 2.24) is 9.88 Å². The Morgan fingerprint density at radius 2 is 2.50 bits per heavy atom. The fourth-order valence-corrected chi connectivity index (χ4v) is 2.29. The molecular formula is C12H18N2O2. The molecule has 2 rings (SSSR count). The molecule has 1 aliphatic heterocycles. The van der Waals surface area contributed by atoms with Crippen molar-refractivity contribution in [3.05, 3.63) is 17.8 Å². The van der Waals surface area contributed by atoms with E-state index in [1.54, 1.807) is 13.1 Å². The van der Waals surface area contributed by atoms with Gasteiger partial charge in [0.05, 0.1) is 18.7 Å². The molecule has 1 atom stereocenters. The van der Waals surface area contributed by atoms with Crippen LogP contribution < -0.4 is 0 Å². The zero-order chi connectivity index (χ0) is 11.5. The average molecular weight is 222 g/mol. The molecule has 1 aromatic rings. The molecule has 0 bridgehead atoms. The largest absolute Gasteiger partial charge is 0.444 e. The summed E-state index contributed by atoms with van der Waals surface area (Å²) in [5, 5.41) is 0. The van der Waals surface area contributed by atoms with Crippen LogP contribution in [-0.4, -0.2) is 28.8 Å². The van der Waals surface area contributed by atoms with Crippen molar-refractivity contribution in [3.63, 3.8) is 0 Å². The second-order valence-electron chi connectivity index (χ2n) is 4.33. The Hall–Kier alpha value is -1.16. The molecule has 0 aromatic carbocycles. The van der Waals surface area contributed by atoms with E-state index in [1.807, 2.05) is 0 Å². The Morgan fingerprint density at radius 1 is 1.69 bits per heavy atom. The molecule has 0 aliphatic carbocycles. The van der Waals surface area contributed by atoms with Crippen LogP contribution in [0.1, 0.15) is 44.4 Å². The van der Waals surface area contributed by atoms with E-state index in [0.29, 0.717) is 18.2 Å². The van der Waals surface area contributed by atoms with Crippen molar-refractivity contribution < 1.29 is 9.21 Å². The number of hydrogen-bond donors (Lipinski definition) is 0. The molecule has 0 amide bonds. The van der Waals surface area contributed by atoms with Gasteiger partial charge in [-0.1, -0.05) is 6.92 Å². The van der Waals surface area contributed by atoms with Gasteiger partial charge in [-0.25, -0.2) is 4.98 Å². The molecule has 1 fully saturated rings. The zero-order valence-corrected chi connectivity index (χ0v) is 9.90. The lowest BCUT2D eigenvalue weighted by atomic mass is 10.2. The summed E-state index contributed by atoms with van der Waals surface area (Å²) < 4.78 is 5.64. The highest BCUT2D eigenvalue weighted by Crippen LogP contribution is 2.30. The van der Waals surface area contributed by atoms with Crippen LogP contribution >= 0.6 is 0 Å². The van der Waals surface area contributed by atoms with Gasteiger partial charge in [-0.05, 0) is 32.9 Å². The minimum atomic E-state index is 0.112. The third-order valence-corrected chi connectivity index (χ3v) is 3.05. The van der Waals surface area contributed by atoms with Gasteiger partial charge in [0, 0.05) is 0 Å². The maximum Gasteiger partial charge on any atom is 0.211 e. The van der Waals surface area contributed by atoms with E-state index in [4.69, 9.17) is 4.42 Å². The Kier molecular flexibility index (Phi) is 3.39. The minimum absolute atomic E-state index is 0.112. The van der Waals surface area contributed by atoms with Crippen molar-refractivity contribution in [2.75, 3.05) is 13.1 Å². The number of likely N-dealkylation sites (tertiary alicyclic amines) is 1. The number of carbonyl (C=O) groups excluding carboxylic acids is 1. The standard InChI is InChI=1S/C12H18N2O2/c1-3-14-6-4-5-11(14)12-13-8-10(16-12)7-9(2)15/h8,11H,3-7H2,1-2H3. The number of oxazole rings is 1. The number of rotatable bonds is 4. The highest BCUT2D eigenvalue weighted by atomic mass is 16.4. The quantitative estimate of drug-likeness (QED) is 0.781. The first-order chi connectivity index (χ1) is 7.70. The first-order valence-corrected chi connectivity index (χ1v) is 5.88. The minimum Gasteiger partial charge on any atom is -0.444 e. The van der Waals surface area contributed by atoms with Gasteiger partial charge in [0.25, 0.3) is 0 Å². The lowest BCUT2D eigenvalue weighted by Crippen LogP contribution is -2.22. The summed E-state index contributed by atoms with van der Waals surface area (Å²) in [6.45, 7) is 5.86. The molecule has 4 nitrogen and oxygen atoms in total. The number of ketones is 1. The highest BCUT2D eigenvalue weighted by molar-refractivity contribution is 5.77. The smallest absolute Gasteiger partial charge is 0.211 e. The van der Waals surface area contributed by atoms with Gasteiger partial charge in [-0.3, -0.25) is 9.69 Å². The van der Waals surface area contributed by atoms with Crippen LogP contribution in [0.5, 0.6) is 0 Å². The number of carbonyl (C=O) groups is 1. The van der Waals surface area contributed by atoms with Crippen molar-refractivity contribution in [1.29, 1.82) is 0 Å². The average Bonchev–Trinajstić information content (AvgIpc) is 2.83. The molecule has 0 radical (unpaired) electrons. The second-order valence-corrected chi connectivity index (χ2v) is 4.33. The number of hydrogen-bond acceptors (Lipinski definition) is 4. The van der Waals surface area contributed by atoms with E-state index < -0.39 is 0 Å². The van der Waals surface area contributed by atoms with Crippen molar-refractivity contribution in [2.24, 2.45) is 0 Å². The Bertz CT molecular complexity index is 373.